The van der Waals surface area contributed by atoms with Crippen LogP contribution < -0.4 is 26.2 Å². The van der Waals surface area contributed by atoms with Crippen molar-refractivity contribution in [3.8, 4) is 0 Å². The fraction of sp³-hybridized carbons (Fsp3) is 0.478. The molecule has 228 valence electrons. The van der Waals surface area contributed by atoms with Gasteiger partial charge in [0.25, 0.3) is 5.91 Å². The van der Waals surface area contributed by atoms with Crippen LogP contribution in [0.25, 0.3) is 0 Å². The molecule has 0 fully saturated rings. The van der Waals surface area contributed by atoms with Crippen molar-refractivity contribution in [2.45, 2.75) is 64.3 Å². The third-order valence-corrected chi connectivity index (χ3v) is 6.78. The Morgan fingerprint density at radius 3 is 2.33 bits per heavy atom. The number of carboxylic acid groups (broad SMARTS) is 1. The van der Waals surface area contributed by atoms with Gasteiger partial charge >= 0.3 is 6.09 Å². The molecule has 0 aromatic carbocycles. The molecule has 20 heteroatoms. The summed E-state index contributed by atoms with van der Waals surface area (Å²) in [5.41, 5.74) is 0.590. The lowest BCUT2D eigenvalue weighted by molar-refractivity contribution is -0.132. The number of rotatable bonds is 13. The summed E-state index contributed by atoms with van der Waals surface area (Å²) in [5.74, 6) is -2.72. The van der Waals surface area contributed by atoms with Crippen LogP contribution >= 0.6 is 0 Å². The average molecular weight is 599 g/mol. The Balaban J connectivity index is 1.60. The second-order valence-electron chi connectivity index (χ2n) is 9.64. The minimum Gasteiger partial charge on any atom is -0.465 e. The van der Waals surface area contributed by atoms with Gasteiger partial charge in [-0.2, -0.15) is 10.4 Å². The molecule has 3 aromatic rings. The number of aromatic amines is 2. The van der Waals surface area contributed by atoms with Gasteiger partial charge in [-0.1, -0.05) is 36.8 Å². The number of fused-ring (bicyclic) bond motifs is 1. The zero-order valence-electron chi connectivity index (χ0n) is 23.1. The molecule has 0 saturated carbocycles. The second-order valence-corrected chi connectivity index (χ2v) is 9.64. The molecule has 5 amide bonds. The molecule has 20 nitrogen and oxygen atoms in total. The van der Waals surface area contributed by atoms with Gasteiger partial charge in [-0.3, -0.25) is 24.1 Å². The summed E-state index contributed by atoms with van der Waals surface area (Å²) in [6.07, 6.45) is -0.00240. The number of carbonyl (C=O) groups excluding carboxylic acids is 4. The van der Waals surface area contributed by atoms with Crippen LogP contribution in [0.1, 0.15) is 43.9 Å². The van der Waals surface area contributed by atoms with E-state index < -0.39 is 60.2 Å². The lowest BCUT2D eigenvalue weighted by Crippen LogP contribution is -2.59. The molecule has 4 heterocycles. The van der Waals surface area contributed by atoms with Gasteiger partial charge in [0.05, 0.1) is 19.5 Å². The predicted octanol–water partition coefficient (Wildman–Crippen LogP) is -2.44. The third kappa shape index (κ3) is 7.59. The number of hydrogen-bond donors (Lipinski definition) is 7. The molecule has 7 N–H and O–H groups in total. The smallest absolute Gasteiger partial charge is 0.405 e. The van der Waals surface area contributed by atoms with Crippen LogP contribution in [0.5, 0.6) is 0 Å². The van der Waals surface area contributed by atoms with Crippen LogP contribution in [0.15, 0.2) is 18.3 Å². The second kappa shape index (κ2) is 13.9. The quantitative estimate of drug-likeness (QED) is 0.108. The van der Waals surface area contributed by atoms with Gasteiger partial charge < -0.3 is 26.4 Å². The van der Waals surface area contributed by atoms with E-state index in [2.05, 4.69) is 67.5 Å². The van der Waals surface area contributed by atoms with Crippen molar-refractivity contribution in [2.24, 2.45) is 5.92 Å². The number of amides is 5. The van der Waals surface area contributed by atoms with E-state index in [4.69, 9.17) is 0 Å². The number of aromatic nitrogens is 9. The highest BCUT2D eigenvalue weighted by Crippen LogP contribution is 2.31. The number of H-pyrrole nitrogens is 2. The molecule has 0 radical (unpaired) electrons. The van der Waals surface area contributed by atoms with Crippen molar-refractivity contribution in [2.75, 3.05) is 4.90 Å². The summed E-state index contributed by atoms with van der Waals surface area (Å²) in [4.78, 5) is 70.5. The summed E-state index contributed by atoms with van der Waals surface area (Å²) in [6.45, 7) is 3.25. The average Bonchev–Trinajstić information content (AvgIpc) is 3.78. The van der Waals surface area contributed by atoms with Crippen LogP contribution in [0.2, 0.25) is 0 Å². The molecule has 3 aromatic heterocycles. The molecular formula is C23H30N14O6. The van der Waals surface area contributed by atoms with Gasteiger partial charge in [0.1, 0.15) is 23.9 Å². The van der Waals surface area contributed by atoms with Crippen LogP contribution in [0.4, 0.5) is 10.6 Å². The zero-order valence-corrected chi connectivity index (χ0v) is 23.1. The lowest BCUT2D eigenvalue weighted by atomic mass is 9.97. The van der Waals surface area contributed by atoms with Crippen LogP contribution in [0, 0.1) is 5.92 Å². The summed E-state index contributed by atoms with van der Waals surface area (Å²) >= 11 is 0. The van der Waals surface area contributed by atoms with E-state index in [1.54, 1.807) is 26.0 Å². The highest BCUT2D eigenvalue weighted by molar-refractivity contribution is 6.07. The summed E-state index contributed by atoms with van der Waals surface area (Å²) in [5, 5.41) is 45.6. The number of pyridine rings is 1. The van der Waals surface area contributed by atoms with Crippen LogP contribution in [0.3, 0.4) is 0 Å². The summed E-state index contributed by atoms with van der Waals surface area (Å²) < 4.78 is 0. The van der Waals surface area contributed by atoms with Gasteiger partial charge in [-0.15, -0.1) is 20.4 Å². The number of tetrazole rings is 2. The minimum atomic E-state index is -1.51. The van der Waals surface area contributed by atoms with E-state index in [1.165, 1.54) is 6.20 Å². The predicted molar refractivity (Wildman–Crippen MR) is 142 cm³/mol. The maximum Gasteiger partial charge on any atom is 0.405 e. The van der Waals surface area contributed by atoms with Crippen LogP contribution in [-0.2, 0) is 38.7 Å². The Labute approximate surface area is 243 Å². The van der Waals surface area contributed by atoms with Gasteiger partial charge in [0.15, 0.2) is 11.6 Å². The first-order valence-corrected chi connectivity index (χ1v) is 13.2. The molecule has 1 aliphatic heterocycles. The van der Waals surface area contributed by atoms with Gasteiger partial charge in [-0.05, 0) is 17.5 Å². The molecule has 43 heavy (non-hydrogen) atoms. The highest BCUT2D eigenvalue weighted by atomic mass is 16.4. The Bertz CT molecular complexity index is 1430. The normalized spacial score (nSPS) is 16.0. The molecule has 0 bridgehead atoms. The standard InChI is InChI=1S/C23H30N14O6/c1-3-11(2)18(28-23(42)43)21(40)27-13(8-17(38)25-9-15-29-33-34-30-15)22(41)37-14(7-12-5-4-6-24-19(12)37)20(39)26-10-16-31-35-36-32-16/h4-6,11,13-14,18,28H,3,7-10H2,1-2H3,(H,25,38)(H,26,39)(H,27,40)(H,42,43)(H,29,30,33,34)(H,31,32,35,36)/t11-,13?,14?,18-/m0/s1. The number of hydrogen-bond acceptors (Lipinski definition) is 12. The third-order valence-electron chi connectivity index (χ3n) is 6.78. The molecule has 2 unspecified atom stereocenters. The number of carbonyl (C=O) groups is 5. The van der Waals surface area contributed by atoms with E-state index >= 15 is 0 Å². The molecule has 4 rings (SSSR count). The van der Waals surface area contributed by atoms with Gasteiger partial charge in [-0.25, -0.2) is 9.78 Å². The molecule has 0 spiro atoms. The van der Waals surface area contributed by atoms with Crippen molar-refractivity contribution < 1.29 is 29.1 Å². The van der Waals surface area contributed by atoms with Crippen LogP contribution in [-0.4, -0.2) is 99.2 Å². The minimum absolute atomic E-state index is 0.0757. The van der Waals surface area contributed by atoms with Crippen molar-refractivity contribution >= 4 is 35.5 Å². The largest absolute Gasteiger partial charge is 0.465 e. The number of anilines is 1. The van der Waals surface area contributed by atoms with Gasteiger partial charge in [0.2, 0.25) is 17.7 Å². The lowest BCUT2D eigenvalue weighted by Gasteiger charge is -2.30. The summed E-state index contributed by atoms with van der Waals surface area (Å²) in [7, 11) is 0. The van der Waals surface area contributed by atoms with E-state index in [0.717, 1.165) is 4.90 Å². The Hall–Kier alpha value is -5.56. The first-order valence-electron chi connectivity index (χ1n) is 13.2. The first kappa shape index (κ1) is 30.4. The van der Waals surface area contributed by atoms with E-state index in [-0.39, 0.29) is 37.0 Å². The van der Waals surface area contributed by atoms with Crippen molar-refractivity contribution in [1.29, 1.82) is 0 Å². The van der Waals surface area contributed by atoms with Gasteiger partial charge in [0, 0.05) is 12.6 Å². The maximum atomic E-state index is 14.1. The fourth-order valence-electron chi connectivity index (χ4n) is 4.42. The molecule has 0 saturated heterocycles. The number of nitrogens with one attached hydrogen (secondary N) is 6. The van der Waals surface area contributed by atoms with E-state index in [1.807, 2.05) is 0 Å². The van der Waals surface area contributed by atoms with E-state index in [0.29, 0.717) is 12.0 Å². The van der Waals surface area contributed by atoms with Crippen molar-refractivity contribution in [1.82, 2.24) is 67.5 Å². The SMILES string of the molecule is CC[C@H](C)[C@H](NC(=O)O)C(=O)NC(CC(=O)NCc1nn[nH]n1)C(=O)N1c2ncccc2CC1C(=O)NCc1nn[nH]n1. The van der Waals surface area contributed by atoms with Crippen molar-refractivity contribution in [3.63, 3.8) is 0 Å². The topological polar surface area (TPSA) is 279 Å². The monoisotopic (exact) mass is 598 g/mol. The Morgan fingerprint density at radius 2 is 1.72 bits per heavy atom. The summed E-state index contributed by atoms with van der Waals surface area (Å²) in [6, 6.07) is -0.469. The molecule has 4 atom stereocenters. The fourth-order valence-corrected chi connectivity index (χ4v) is 4.42. The Kier molecular flexibility index (Phi) is 9.81. The van der Waals surface area contributed by atoms with E-state index in [9.17, 15) is 29.1 Å². The Morgan fingerprint density at radius 1 is 1.05 bits per heavy atom. The zero-order chi connectivity index (χ0) is 30.9. The molecular weight excluding hydrogens is 568 g/mol. The first-order chi connectivity index (χ1) is 20.7. The molecule has 1 aliphatic rings. The molecule has 0 aliphatic carbocycles. The number of nitrogens with zero attached hydrogens (tertiary/aromatic N) is 8. The maximum absolute atomic E-state index is 14.1. The highest BCUT2D eigenvalue weighted by Gasteiger charge is 2.43. The van der Waals surface area contributed by atoms with Crippen molar-refractivity contribution in [3.05, 3.63) is 35.5 Å².